The first kappa shape index (κ1) is 13.0. The molecule has 1 amide bonds. The Morgan fingerprint density at radius 2 is 2.00 bits per heavy atom. The summed E-state index contributed by atoms with van der Waals surface area (Å²) < 4.78 is 0. The second-order valence-corrected chi connectivity index (χ2v) is 4.23. The molecule has 92 valence electrons. The molecule has 0 unspecified atom stereocenters. The van der Waals surface area contributed by atoms with Crippen molar-refractivity contribution in [2.75, 3.05) is 19.6 Å². The van der Waals surface area contributed by atoms with Crippen molar-refractivity contribution in [3.8, 4) is 0 Å². The Kier molecular flexibility index (Phi) is 5.25. The van der Waals surface area contributed by atoms with E-state index >= 15 is 0 Å². The minimum atomic E-state index is -0.742. The van der Waals surface area contributed by atoms with Crippen LogP contribution in [0, 0.1) is 0 Å². The van der Waals surface area contributed by atoms with Crippen molar-refractivity contribution in [3.63, 3.8) is 0 Å². The first-order valence-corrected chi connectivity index (χ1v) is 5.80. The number of hydrogen-bond donors (Lipinski definition) is 2. The Labute approximate surface area is 95.8 Å². The standard InChI is InChI=1S/C11H20N2O3/c1-9(14)13-7-4-10(5-8-13)12-6-2-3-11(15)16/h10,12H,2-8H2,1H3,(H,15,16). The van der Waals surface area contributed by atoms with E-state index in [0.717, 1.165) is 32.5 Å². The van der Waals surface area contributed by atoms with E-state index in [1.165, 1.54) is 0 Å². The van der Waals surface area contributed by atoms with E-state index in [1.54, 1.807) is 6.92 Å². The summed E-state index contributed by atoms with van der Waals surface area (Å²) in [5.74, 6) is -0.600. The third-order valence-electron chi connectivity index (χ3n) is 2.94. The quantitative estimate of drug-likeness (QED) is 0.670. The molecule has 2 N–H and O–H groups in total. The molecule has 0 radical (unpaired) electrons. The maximum Gasteiger partial charge on any atom is 0.303 e. The number of likely N-dealkylation sites (tertiary alicyclic amines) is 1. The Morgan fingerprint density at radius 3 is 2.50 bits per heavy atom. The first-order chi connectivity index (χ1) is 7.59. The van der Waals surface area contributed by atoms with Gasteiger partial charge >= 0.3 is 5.97 Å². The Bertz CT molecular complexity index is 248. The summed E-state index contributed by atoms with van der Waals surface area (Å²) in [6.45, 7) is 3.97. The Hall–Kier alpha value is -1.10. The number of carboxylic acid groups (broad SMARTS) is 1. The van der Waals surface area contributed by atoms with Gasteiger partial charge in [-0.1, -0.05) is 0 Å². The molecule has 0 bridgehead atoms. The highest BCUT2D eigenvalue weighted by Gasteiger charge is 2.19. The zero-order valence-corrected chi connectivity index (χ0v) is 9.74. The van der Waals surface area contributed by atoms with E-state index in [9.17, 15) is 9.59 Å². The zero-order chi connectivity index (χ0) is 12.0. The molecular formula is C11H20N2O3. The smallest absolute Gasteiger partial charge is 0.303 e. The molecule has 0 aromatic rings. The van der Waals surface area contributed by atoms with Gasteiger partial charge in [0.05, 0.1) is 0 Å². The number of carboxylic acids is 1. The van der Waals surface area contributed by atoms with Crippen molar-refractivity contribution < 1.29 is 14.7 Å². The molecule has 1 aliphatic heterocycles. The summed E-state index contributed by atoms with van der Waals surface area (Å²) >= 11 is 0. The van der Waals surface area contributed by atoms with E-state index in [-0.39, 0.29) is 12.3 Å². The lowest BCUT2D eigenvalue weighted by atomic mass is 10.0. The maximum atomic E-state index is 11.1. The molecule has 0 atom stereocenters. The molecule has 16 heavy (non-hydrogen) atoms. The second kappa shape index (κ2) is 6.48. The number of nitrogens with zero attached hydrogens (tertiary/aromatic N) is 1. The molecule has 0 aromatic carbocycles. The van der Waals surface area contributed by atoms with Crippen molar-refractivity contribution in [2.24, 2.45) is 0 Å². The highest BCUT2D eigenvalue weighted by Crippen LogP contribution is 2.10. The predicted octanol–water partition coefficient (Wildman–Crippen LogP) is 0.452. The fraction of sp³-hybridized carbons (Fsp3) is 0.818. The molecule has 0 saturated carbocycles. The van der Waals surface area contributed by atoms with E-state index in [2.05, 4.69) is 5.32 Å². The van der Waals surface area contributed by atoms with E-state index in [4.69, 9.17) is 5.11 Å². The van der Waals surface area contributed by atoms with Crippen LogP contribution in [0.25, 0.3) is 0 Å². The number of piperidine rings is 1. The van der Waals surface area contributed by atoms with Gasteiger partial charge in [0.15, 0.2) is 0 Å². The topological polar surface area (TPSA) is 69.6 Å². The number of nitrogens with one attached hydrogen (secondary N) is 1. The van der Waals surface area contributed by atoms with Crippen LogP contribution in [0.4, 0.5) is 0 Å². The van der Waals surface area contributed by atoms with Gasteiger partial charge in [0, 0.05) is 32.5 Å². The Balaban J connectivity index is 2.08. The van der Waals surface area contributed by atoms with Gasteiger partial charge in [0.25, 0.3) is 0 Å². The lowest BCUT2D eigenvalue weighted by Crippen LogP contribution is -2.44. The molecular weight excluding hydrogens is 208 g/mol. The monoisotopic (exact) mass is 228 g/mol. The van der Waals surface area contributed by atoms with Gasteiger partial charge in [-0.15, -0.1) is 0 Å². The van der Waals surface area contributed by atoms with Crippen LogP contribution in [0.15, 0.2) is 0 Å². The molecule has 1 aliphatic rings. The number of amides is 1. The van der Waals surface area contributed by atoms with Crippen LogP contribution in [0.2, 0.25) is 0 Å². The van der Waals surface area contributed by atoms with Crippen molar-refractivity contribution in [3.05, 3.63) is 0 Å². The molecule has 5 heteroatoms. The minimum absolute atomic E-state index is 0.143. The van der Waals surface area contributed by atoms with Gasteiger partial charge in [-0.05, 0) is 25.8 Å². The van der Waals surface area contributed by atoms with Gasteiger partial charge in [-0.3, -0.25) is 9.59 Å². The van der Waals surface area contributed by atoms with E-state index in [0.29, 0.717) is 12.5 Å². The van der Waals surface area contributed by atoms with Gasteiger partial charge in [-0.2, -0.15) is 0 Å². The highest BCUT2D eigenvalue weighted by molar-refractivity contribution is 5.73. The zero-order valence-electron chi connectivity index (χ0n) is 9.74. The van der Waals surface area contributed by atoms with Crippen LogP contribution >= 0.6 is 0 Å². The minimum Gasteiger partial charge on any atom is -0.481 e. The number of rotatable bonds is 5. The number of hydrogen-bond acceptors (Lipinski definition) is 3. The fourth-order valence-corrected chi connectivity index (χ4v) is 1.94. The highest BCUT2D eigenvalue weighted by atomic mass is 16.4. The molecule has 0 aliphatic carbocycles. The van der Waals surface area contributed by atoms with Crippen molar-refractivity contribution in [1.82, 2.24) is 10.2 Å². The van der Waals surface area contributed by atoms with Gasteiger partial charge in [0.2, 0.25) is 5.91 Å². The largest absolute Gasteiger partial charge is 0.481 e. The van der Waals surface area contributed by atoms with Crippen LogP contribution in [0.3, 0.4) is 0 Å². The average molecular weight is 228 g/mol. The average Bonchev–Trinajstić information content (AvgIpc) is 2.25. The molecule has 1 heterocycles. The molecule has 1 fully saturated rings. The molecule has 1 rings (SSSR count). The van der Waals surface area contributed by atoms with Gasteiger partial charge in [-0.25, -0.2) is 0 Å². The summed E-state index contributed by atoms with van der Waals surface area (Å²) in [4.78, 5) is 23.2. The summed E-state index contributed by atoms with van der Waals surface area (Å²) in [6.07, 6.45) is 2.82. The second-order valence-electron chi connectivity index (χ2n) is 4.23. The molecule has 0 spiro atoms. The Morgan fingerprint density at radius 1 is 1.38 bits per heavy atom. The maximum absolute atomic E-state index is 11.1. The third-order valence-corrected chi connectivity index (χ3v) is 2.94. The number of carbonyl (C=O) groups is 2. The lowest BCUT2D eigenvalue weighted by Gasteiger charge is -2.31. The molecule has 1 saturated heterocycles. The lowest BCUT2D eigenvalue weighted by molar-refractivity contribution is -0.137. The molecule has 5 nitrogen and oxygen atoms in total. The normalized spacial score (nSPS) is 17.4. The van der Waals surface area contributed by atoms with Crippen molar-refractivity contribution in [2.45, 2.75) is 38.6 Å². The first-order valence-electron chi connectivity index (χ1n) is 5.80. The summed E-state index contributed by atoms with van der Waals surface area (Å²) in [6, 6.07) is 0.435. The SMILES string of the molecule is CC(=O)N1CCC(NCCCC(=O)O)CC1. The fourth-order valence-electron chi connectivity index (χ4n) is 1.94. The van der Waals surface area contributed by atoms with Crippen LogP contribution in [0.5, 0.6) is 0 Å². The van der Waals surface area contributed by atoms with E-state index in [1.807, 2.05) is 4.90 Å². The van der Waals surface area contributed by atoms with Crippen molar-refractivity contribution >= 4 is 11.9 Å². The van der Waals surface area contributed by atoms with Crippen LogP contribution in [-0.4, -0.2) is 47.6 Å². The van der Waals surface area contributed by atoms with Crippen LogP contribution < -0.4 is 5.32 Å². The number of aliphatic carboxylic acids is 1. The summed E-state index contributed by atoms with van der Waals surface area (Å²) in [5.41, 5.74) is 0. The summed E-state index contributed by atoms with van der Waals surface area (Å²) in [7, 11) is 0. The summed E-state index contributed by atoms with van der Waals surface area (Å²) in [5, 5.41) is 11.8. The predicted molar refractivity (Wildman–Crippen MR) is 60.1 cm³/mol. The van der Waals surface area contributed by atoms with E-state index < -0.39 is 5.97 Å². The van der Waals surface area contributed by atoms with Gasteiger partial charge < -0.3 is 15.3 Å². The van der Waals surface area contributed by atoms with Crippen LogP contribution in [-0.2, 0) is 9.59 Å². The van der Waals surface area contributed by atoms with Crippen molar-refractivity contribution in [1.29, 1.82) is 0 Å². The molecule has 0 aromatic heterocycles. The van der Waals surface area contributed by atoms with Gasteiger partial charge in [0.1, 0.15) is 0 Å². The number of carbonyl (C=O) groups excluding carboxylic acids is 1. The third kappa shape index (κ3) is 4.61. The van der Waals surface area contributed by atoms with Crippen LogP contribution in [0.1, 0.15) is 32.6 Å².